The molecule has 0 radical (unpaired) electrons. The second-order valence-electron chi connectivity index (χ2n) is 4.59. The van der Waals surface area contributed by atoms with Crippen LogP contribution in [-0.4, -0.2) is 24.2 Å². The van der Waals surface area contributed by atoms with E-state index in [9.17, 15) is 0 Å². The molecule has 1 fully saturated rings. The Hall–Kier alpha value is -0.640. The molecule has 1 N–H and O–H groups in total. The number of ether oxygens (including phenoxy) is 1. The van der Waals surface area contributed by atoms with Crippen molar-refractivity contribution in [1.82, 2.24) is 10.3 Å². The molecule has 0 bridgehead atoms. The summed E-state index contributed by atoms with van der Waals surface area (Å²) in [7, 11) is 0. The summed E-state index contributed by atoms with van der Waals surface area (Å²) in [5, 5.41) is 4.28. The normalized spacial score (nSPS) is 19.2. The van der Waals surface area contributed by atoms with E-state index in [1.807, 2.05) is 6.07 Å². The molecule has 4 heteroatoms. The Morgan fingerprint density at radius 3 is 3.00 bits per heavy atom. The van der Waals surface area contributed by atoms with Crippen molar-refractivity contribution in [2.45, 2.75) is 32.4 Å². The Bertz CT molecular complexity index is 353. The van der Waals surface area contributed by atoms with Crippen molar-refractivity contribution in [3.05, 3.63) is 29.0 Å². The summed E-state index contributed by atoms with van der Waals surface area (Å²) in [5.74, 6) is 0.712. The molecule has 0 amide bonds. The first-order valence-electron chi connectivity index (χ1n) is 6.17. The van der Waals surface area contributed by atoms with Crippen molar-refractivity contribution in [2.24, 2.45) is 5.92 Å². The zero-order chi connectivity index (χ0) is 12.1. The van der Waals surface area contributed by atoms with E-state index < -0.39 is 0 Å². The lowest BCUT2D eigenvalue weighted by Gasteiger charge is -2.28. The Kier molecular flexibility index (Phi) is 4.77. The van der Waals surface area contributed by atoms with Gasteiger partial charge in [-0.05, 0) is 37.3 Å². The van der Waals surface area contributed by atoms with Gasteiger partial charge in [0.05, 0.1) is 5.02 Å². The zero-order valence-electron chi connectivity index (χ0n) is 10.2. The molecular formula is C13H19ClN2O. The molecule has 0 saturated carbocycles. The Labute approximate surface area is 108 Å². The molecule has 2 rings (SSSR count). The van der Waals surface area contributed by atoms with Crippen LogP contribution >= 0.6 is 11.6 Å². The molecule has 0 aliphatic carbocycles. The number of aromatic nitrogens is 1. The maximum Gasteiger partial charge on any atom is 0.0634 e. The second-order valence-corrected chi connectivity index (χ2v) is 4.99. The lowest BCUT2D eigenvalue weighted by atomic mass is 9.93. The van der Waals surface area contributed by atoms with Gasteiger partial charge >= 0.3 is 0 Å². The van der Waals surface area contributed by atoms with Crippen LogP contribution in [0.3, 0.4) is 0 Å². The maximum atomic E-state index is 6.07. The molecule has 0 aromatic carbocycles. The first kappa shape index (κ1) is 12.8. The number of nitrogens with zero attached hydrogens (tertiary/aromatic N) is 1. The molecule has 1 aromatic heterocycles. The number of nitrogens with one attached hydrogen (secondary N) is 1. The standard InChI is InChI=1S/C13H19ClN2O/c1-10(11-3-6-17-7-4-11)16-8-12-2-5-15-9-13(12)14/h2,5,9-11,16H,3-4,6-8H2,1H3/t10-/m1/s1. The predicted molar refractivity (Wildman–Crippen MR) is 69.1 cm³/mol. The fourth-order valence-electron chi connectivity index (χ4n) is 2.20. The summed E-state index contributed by atoms with van der Waals surface area (Å²) >= 11 is 6.07. The van der Waals surface area contributed by atoms with Crippen molar-refractivity contribution >= 4 is 11.6 Å². The van der Waals surface area contributed by atoms with Crippen molar-refractivity contribution < 1.29 is 4.74 Å². The van der Waals surface area contributed by atoms with Gasteiger partial charge in [-0.1, -0.05) is 11.6 Å². The van der Waals surface area contributed by atoms with Crippen LogP contribution in [0.15, 0.2) is 18.5 Å². The molecule has 0 spiro atoms. The van der Waals surface area contributed by atoms with Crippen LogP contribution in [0.4, 0.5) is 0 Å². The van der Waals surface area contributed by atoms with Gasteiger partial charge in [0, 0.05) is 38.2 Å². The SMILES string of the molecule is C[C@@H](NCc1ccncc1Cl)C1CCOCC1. The monoisotopic (exact) mass is 254 g/mol. The maximum absolute atomic E-state index is 6.07. The highest BCUT2D eigenvalue weighted by Crippen LogP contribution is 2.19. The molecule has 17 heavy (non-hydrogen) atoms. The highest BCUT2D eigenvalue weighted by atomic mass is 35.5. The van der Waals surface area contributed by atoms with Crippen LogP contribution < -0.4 is 5.32 Å². The molecule has 1 aliphatic heterocycles. The van der Waals surface area contributed by atoms with Gasteiger partial charge in [-0.15, -0.1) is 0 Å². The van der Waals surface area contributed by atoms with Crippen LogP contribution in [0, 0.1) is 5.92 Å². The van der Waals surface area contributed by atoms with Crippen LogP contribution in [-0.2, 0) is 11.3 Å². The average molecular weight is 255 g/mol. The highest BCUT2D eigenvalue weighted by molar-refractivity contribution is 6.31. The number of hydrogen-bond donors (Lipinski definition) is 1. The van der Waals surface area contributed by atoms with Crippen molar-refractivity contribution in [1.29, 1.82) is 0 Å². The molecule has 1 aromatic rings. The summed E-state index contributed by atoms with van der Waals surface area (Å²) in [6.07, 6.45) is 5.77. The van der Waals surface area contributed by atoms with Crippen molar-refractivity contribution in [3.63, 3.8) is 0 Å². The van der Waals surface area contributed by atoms with E-state index in [1.165, 1.54) is 0 Å². The average Bonchev–Trinajstić information content (AvgIpc) is 2.38. The van der Waals surface area contributed by atoms with E-state index in [4.69, 9.17) is 16.3 Å². The lowest BCUT2D eigenvalue weighted by molar-refractivity contribution is 0.0558. The summed E-state index contributed by atoms with van der Waals surface area (Å²) in [6, 6.07) is 2.47. The summed E-state index contributed by atoms with van der Waals surface area (Å²) < 4.78 is 5.37. The summed E-state index contributed by atoms with van der Waals surface area (Å²) in [5.41, 5.74) is 1.11. The molecule has 1 atom stereocenters. The van der Waals surface area contributed by atoms with Crippen LogP contribution in [0.1, 0.15) is 25.3 Å². The first-order chi connectivity index (χ1) is 8.27. The molecule has 1 saturated heterocycles. The quantitative estimate of drug-likeness (QED) is 0.897. The van der Waals surface area contributed by atoms with Crippen molar-refractivity contribution in [3.8, 4) is 0 Å². The third-order valence-electron chi connectivity index (χ3n) is 3.44. The Morgan fingerprint density at radius 1 is 1.53 bits per heavy atom. The zero-order valence-corrected chi connectivity index (χ0v) is 10.9. The molecular weight excluding hydrogens is 236 g/mol. The van der Waals surface area contributed by atoms with Gasteiger partial charge in [0.15, 0.2) is 0 Å². The van der Waals surface area contributed by atoms with Crippen molar-refractivity contribution in [2.75, 3.05) is 13.2 Å². The topological polar surface area (TPSA) is 34.2 Å². The minimum atomic E-state index is 0.503. The van der Waals surface area contributed by atoms with Gasteiger partial charge in [0.25, 0.3) is 0 Å². The van der Waals surface area contributed by atoms with Crippen LogP contribution in [0.2, 0.25) is 5.02 Å². The minimum Gasteiger partial charge on any atom is -0.381 e. The molecule has 3 nitrogen and oxygen atoms in total. The predicted octanol–water partition coefficient (Wildman–Crippen LogP) is 2.64. The third kappa shape index (κ3) is 3.66. The number of pyridine rings is 1. The molecule has 94 valence electrons. The smallest absolute Gasteiger partial charge is 0.0634 e. The van der Waals surface area contributed by atoms with Crippen LogP contribution in [0.25, 0.3) is 0 Å². The van der Waals surface area contributed by atoms with E-state index >= 15 is 0 Å². The van der Waals surface area contributed by atoms with Crippen LogP contribution in [0.5, 0.6) is 0 Å². The number of hydrogen-bond acceptors (Lipinski definition) is 3. The first-order valence-corrected chi connectivity index (χ1v) is 6.54. The fourth-order valence-corrected chi connectivity index (χ4v) is 2.39. The highest BCUT2D eigenvalue weighted by Gasteiger charge is 2.19. The number of rotatable bonds is 4. The lowest BCUT2D eigenvalue weighted by Crippen LogP contribution is -2.36. The fraction of sp³-hybridized carbons (Fsp3) is 0.615. The third-order valence-corrected chi connectivity index (χ3v) is 3.78. The summed E-state index contributed by atoms with van der Waals surface area (Å²) in [4.78, 5) is 3.99. The van der Waals surface area contributed by atoms with E-state index in [0.29, 0.717) is 12.0 Å². The second kappa shape index (κ2) is 6.34. The van der Waals surface area contributed by atoms with E-state index in [2.05, 4.69) is 17.2 Å². The Balaban J connectivity index is 1.83. The Morgan fingerprint density at radius 2 is 2.29 bits per heavy atom. The molecule has 1 aliphatic rings. The number of halogens is 1. The van der Waals surface area contributed by atoms with Gasteiger partial charge in [0.2, 0.25) is 0 Å². The minimum absolute atomic E-state index is 0.503. The van der Waals surface area contributed by atoms with Gasteiger partial charge in [0.1, 0.15) is 0 Å². The largest absolute Gasteiger partial charge is 0.381 e. The van der Waals surface area contributed by atoms with E-state index in [0.717, 1.165) is 43.2 Å². The molecule has 0 unspecified atom stereocenters. The van der Waals surface area contributed by atoms with Gasteiger partial charge < -0.3 is 10.1 Å². The van der Waals surface area contributed by atoms with Gasteiger partial charge in [-0.25, -0.2) is 0 Å². The molecule has 2 heterocycles. The van der Waals surface area contributed by atoms with E-state index in [1.54, 1.807) is 12.4 Å². The van der Waals surface area contributed by atoms with Gasteiger partial charge in [-0.2, -0.15) is 0 Å². The summed E-state index contributed by atoms with van der Waals surface area (Å²) in [6.45, 7) is 4.84. The van der Waals surface area contributed by atoms with E-state index in [-0.39, 0.29) is 0 Å². The van der Waals surface area contributed by atoms with Gasteiger partial charge in [-0.3, -0.25) is 4.98 Å².